The number of phenols is 1. The highest BCUT2D eigenvalue weighted by Gasteiger charge is 2.16. The molecule has 4 aromatic heterocycles. The van der Waals surface area contributed by atoms with E-state index in [2.05, 4.69) is 30.1 Å². The number of hydrogen-bond acceptors (Lipinski definition) is 6. The first-order valence-corrected chi connectivity index (χ1v) is 9.74. The third-order valence-electron chi connectivity index (χ3n) is 5.23. The summed E-state index contributed by atoms with van der Waals surface area (Å²) in [6, 6.07) is 11.4. The number of benzene rings is 2. The van der Waals surface area contributed by atoms with E-state index in [-0.39, 0.29) is 5.75 Å². The minimum absolute atomic E-state index is 0.143. The Hall–Kier alpha value is -4.66. The summed E-state index contributed by atoms with van der Waals surface area (Å²) in [4.78, 5) is 20.6. The van der Waals surface area contributed by atoms with Crippen molar-refractivity contribution >= 4 is 21.9 Å². The molecule has 0 aliphatic carbocycles. The first-order chi connectivity index (χ1) is 15.7. The molecule has 0 spiro atoms. The number of phenolic OH excluding ortho intramolecular Hbond substituents is 1. The lowest BCUT2D eigenvalue weighted by Gasteiger charge is -2.04. The number of fused-ring (bicyclic) bond motifs is 2. The number of rotatable bonds is 3. The molecule has 0 fully saturated rings. The van der Waals surface area contributed by atoms with Crippen molar-refractivity contribution in [3.63, 3.8) is 0 Å². The topological polar surface area (TPSA) is 116 Å². The fraction of sp³-hybridized carbons (Fsp3) is 0. The van der Waals surface area contributed by atoms with Crippen LogP contribution < -0.4 is 0 Å². The third kappa shape index (κ3) is 2.95. The Labute approximate surface area is 179 Å². The number of aromatic nitrogens is 7. The molecule has 0 amide bonds. The average molecular weight is 423 g/mol. The molecule has 0 saturated heterocycles. The molecule has 9 heteroatoms. The molecule has 6 rings (SSSR count). The lowest BCUT2D eigenvalue weighted by molar-refractivity contribution is 0.469. The van der Waals surface area contributed by atoms with E-state index < -0.39 is 5.82 Å². The van der Waals surface area contributed by atoms with Crippen LogP contribution in [0.4, 0.5) is 4.39 Å². The molecular formula is C23H14FN7O. The Bertz CT molecular complexity index is 1590. The van der Waals surface area contributed by atoms with Gasteiger partial charge < -0.3 is 10.1 Å². The zero-order valence-electron chi connectivity index (χ0n) is 16.4. The van der Waals surface area contributed by atoms with E-state index >= 15 is 0 Å². The van der Waals surface area contributed by atoms with Crippen LogP contribution in [0.15, 0.2) is 67.4 Å². The van der Waals surface area contributed by atoms with Crippen molar-refractivity contribution in [2.24, 2.45) is 0 Å². The highest BCUT2D eigenvalue weighted by Crippen LogP contribution is 2.33. The normalized spacial score (nSPS) is 11.4. The number of pyridine rings is 1. The van der Waals surface area contributed by atoms with Gasteiger partial charge in [0.1, 0.15) is 23.6 Å². The maximum atomic E-state index is 13.9. The monoisotopic (exact) mass is 423 g/mol. The molecule has 0 radical (unpaired) electrons. The molecule has 4 heterocycles. The van der Waals surface area contributed by atoms with Gasteiger partial charge in [-0.25, -0.2) is 19.3 Å². The van der Waals surface area contributed by atoms with E-state index in [1.54, 1.807) is 18.6 Å². The summed E-state index contributed by atoms with van der Waals surface area (Å²) in [5.41, 5.74) is 5.54. The summed E-state index contributed by atoms with van der Waals surface area (Å²) in [6.07, 6.45) is 6.57. The molecule has 0 unspecified atom stereocenters. The second-order valence-electron chi connectivity index (χ2n) is 7.30. The Balaban J connectivity index is 1.52. The predicted molar refractivity (Wildman–Crippen MR) is 117 cm³/mol. The van der Waals surface area contributed by atoms with Gasteiger partial charge in [0.15, 0.2) is 5.82 Å². The number of nitrogens with zero attached hydrogens (tertiary/aromatic N) is 5. The van der Waals surface area contributed by atoms with Crippen molar-refractivity contribution in [3.8, 4) is 39.7 Å². The highest BCUT2D eigenvalue weighted by molar-refractivity contribution is 5.97. The number of H-pyrrole nitrogens is 2. The molecule has 0 atom stereocenters. The number of nitrogens with one attached hydrogen (secondary N) is 2. The van der Waals surface area contributed by atoms with Crippen LogP contribution in [0.3, 0.4) is 0 Å². The molecule has 2 aromatic carbocycles. The quantitative estimate of drug-likeness (QED) is 0.387. The largest absolute Gasteiger partial charge is 0.508 e. The minimum Gasteiger partial charge on any atom is -0.508 e. The number of aromatic amines is 2. The van der Waals surface area contributed by atoms with Crippen molar-refractivity contribution < 1.29 is 9.50 Å². The van der Waals surface area contributed by atoms with Gasteiger partial charge in [-0.2, -0.15) is 5.10 Å². The van der Waals surface area contributed by atoms with Gasteiger partial charge in [-0.1, -0.05) is 12.1 Å². The summed E-state index contributed by atoms with van der Waals surface area (Å²) in [7, 11) is 0. The molecule has 3 N–H and O–H groups in total. The Morgan fingerprint density at radius 3 is 2.62 bits per heavy atom. The van der Waals surface area contributed by atoms with E-state index in [4.69, 9.17) is 4.98 Å². The lowest BCUT2D eigenvalue weighted by atomic mass is 10.0. The van der Waals surface area contributed by atoms with Gasteiger partial charge in [-0.15, -0.1) is 0 Å². The van der Waals surface area contributed by atoms with Gasteiger partial charge in [-0.3, -0.25) is 10.1 Å². The van der Waals surface area contributed by atoms with Crippen molar-refractivity contribution in [2.75, 3.05) is 0 Å². The maximum absolute atomic E-state index is 13.9. The third-order valence-corrected chi connectivity index (χ3v) is 5.23. The van der Waals surface area contributed by atoms with Crippen molar-refractivity contribution in [1.82, 2.24) is 35.1 Å². The second kappa shape index (κ2) is 6.95. The van der Waals surface area contributed by atoms with Gasteiger partial charge in [0.2, 0.25) is 0 Å². The van der Waals surface area contributed by atoms with E-state index in [9.17, 15) is 9.50 Å². The maximum Gasteiger partial charge on any atom is 0.159 e. The molecule has 6 aromatic rings. The van der Waals surface area contributed by atoms with Crippen LogP contribution in [-0.2, 0) is 0 Å². The van der Waals surface area contributed by atoms with Gasteiger partial charge in [-0.05, 0) is 29.8 Å². The molecule has 0 aliphatic heterocycles. The number of hydrogen-bond donors (Lipinski definition) is 3. The number of para-hydroxylation sites is 1. The Kier molecular flexibility index (Phi) is 3.94. The first kappa shape index (κ1) is 18.1. The van der Waals surface area contributed by atoms with E-state index in [1.165, 1.54) is 18.5 Å². The fourth-order valence-corrected chi connectivity index (χ4v) is 3.79. The molecule has 0 saturated carbocycles. The van der Waals surface area contributed by atoms with Gasteiger partial charge >= 0.3 is 0 Å². The predicted octanol–water partition coefficient (Wildman–Crippen LogP) is 4.47. The molecule has 32 heavy (non-hydrogen) atoms. The van der Waals surface area contributed by atoms with Crippen LogP contribution in [-0.4, -0.2) is 40.2 Å². The number of halogens is 1. The van der Waals surface area contributed by atoms with Crippen LogP contribution in [0.5, 0.6) is 5.75 Å². The van der Waals surface area contributed by atoms with Gasteiger partial charge in [0.25, 0.3) is 0 Å². The number of aromatic hydroxyl groups is 1. The fourth-order valence-electron chi connectivity index (χ4n) is 3.79. The lowest BCUT2D eigenvalue weighted by Crippen LogP contribution is -1.87. The van der Waals surface area contributed by atoms with Gasteiger partial charge in [0, 0.05) is 35.0 Å². The van der Waals surface area contributed by atoms with E-state index in [0.29, 0.717) is 33.9 Å². The second-order valence-corrected chi connectivity index (χ2v) is 7.30. The standard InChI is InChI=1S/C23H14FN7O/c24-14-4-12(5-15(32)6-14)16-2-1-3-18-21(16)29-23(28-18)22-17-7-19(13-8-25-11-26-9-13)27-10-20(17)30-31-22/h1-11,32H,(H,28,29)(H,30,31). The van der Waals surface area contributed by atoms with Crippen molar-refractivity contribution in [2.45, 2.75) is 0 Å². The highest BCUT2D eigenvalue weighted by atomic mass is 19.1. The van der Waals surface area contributed by atoms with E-state index in [1.807, 2.05) is 24.3 Å². The summed E-state index contributed by atoms with van der Waals surface area (Å²) < 4.78 is 13.9. The molecule has 154 valence electrons. The van der Waals surface area contributed by atoms with Gasteiger partial charge in [0.05, 0.1) is 28.4 Å². The number of imidazole rings is 1. The molecular weight excluding hydrogens is 409 g/mol. The molecule has 8 nitrogen and oxygen atoms in total. The van der Waals surface area contributed by atoms with Crippen LogP contribution in [0.25, 0.3) is 55.8 Å². The van der Waals surface area contributed by atoms with Crippen LogP contribution in [0.2, 0.25) is 0 Å². The van der Waals surface area contributed by atoms with Crippen molar-refractivity contribution in [3.05, 3.63) is 73.2 Å². The summed E-state index contributed by atoms with van der Waals surface area (Å²) >= 11 is 0. The van der Waals surface area contributed by atoms with Crippen LogP contribution in [0, 0.1) is 5.82 Å². The summed E-state index contributed by atoms with van der Waals surface area (Å²) in [5.74, 6) is -0.104. The zero-order valence-corrected chi connectivity index (χ0v) is 16.4. The zero-order chi connectivity index (χ0) is 21.7. The molecule has 0 aliphatic rings. The van der Waals surface area contributed by atoms with Crippen molar-refractivity contribution in [1.29, 1.82) is 0 Å². The SMILES string of the molecule is Oc1cc(F)cc(-c2cccc3[nH]c(-c4n[nH]c5cnc(-c6cncnc6)cc45)nc23)c1. The minimum atomic E-state index is -0.518. The van der Waals surface area contributed by atoms with Crippen LogP contribution >= 0.6 is 0 Å². The Morgan fingerprint density at radius 2 is 1.78 bits per heavy atom. The Morgan fingerprint density at radius 1 is 0.906 bits per heavy atom. The summed E-state index contributed by atoms with van der Waals surface area (Å²) in [5, 5.41) is 18.1. The summed E-state index contributed by atoms with van der Waals surface area (Å²) in [6.45, 7) is 0. The first-order valence-electron chi connectivity index (χ1n) is 9.74. The smallest absolute Gasteiger partial charge is 0.159 e. The molecule has 0 bridgehead atoms. The van der Waals surface area contributed by atoms with E-state index in [0.717, 1.165) is 28.0 Å². The average Bonchev–Trinajstić information content (AvgIpc) is 3.42. The van der Waals surface area contributed by atoms with Crippen LogP contribution in [0.1, 0.15) is 0 Å².